The third-order valence-electron chi connectivity index (χ3n) is 4.08. The minimum absolute atomic E-state index is 0.0572. The Labute approximate surface area is 131 Å². The van der Waals surface area contributed by atoms with Gasteiger partial charge < -0.3 is 10.7 Å². The minimum atomic E-state index is -4.27. The van der Waals surface area contributed by atoms with Crippen molar-refractivity contribution < 1.29 is 22.4 Å². The van der Waals surface area contributed by atoms with Crippen molar-refractivity contribution in [2.24, 2.45) is 11.7 Å². The molecule has 1 heterocycles. The summed E-state index contributed by atoms with van der Waals surface area (Å²) in [4.78, 5) is 14.3. The predicted octanol–water partition coefficient (Wildman–Crippen LogP) is 3.84. The molecule has 8 heteroatoms. The van der Waals surface area contributed by atoms with Gasteiger partial charge in [0.1, 0.15) is 5.82 Å². The van der Waals surface area contributed by atoms with E-state index in [0.29, 0.717) is 16.6 Å². The van der Waals surface area contributed by atoms with E-state index in [0.717, 1.165) is 6.07 Å². The SMILES string of the molecule is NC(=O)c1cc(F)c(Br)c2c3c([nH]c12)CC(C(F)(F)F)CC3. The Morgan fingerprint density at radius 3 is 2.68 bits per heavy atom. The zero-order valence-corrected chi connectivity index (χ0v) is 12.7. The van der Waals surface area contributed by atoms with E-state index in [9.17, 15) is 22.4 Å². The van der Waals surface area contributed by atoms with E-state index in [-0.39, 0.29) is 34.8 Å². The van der Waals surface area contributed by atoms with Gasteiger partial charge in [-0.3, -0.25) is 4.79 Å². The number of nitrogens with two attached hydrogens (primary N) is 1. The minimum Gasteiger partial charge on any atom is -0.366 e. The number of carbonyl (C=O) groups is 1. The second kappa shape index (κ2) is 4.97. The fourth-order valence-corrected chi connectivity index (χ4v) is 3.56. The molecule has 1 amide bonds. The Bertz CT molecular complexity index is 781. The van der Waals surface area contributed by atoms with Crippen LogP contribution < -0.4 is 5.73 Å². The first-order valence-corrected chi connectivity index (χ1v) is 7.37. The van der Waals surface area contributed by atoms with E-state index >= 15 is 0 Å². The number of alkyl halides is 3. The molecule has 0 aliphatic heterocycles. The molecule has 1 aliphatic carbocycles. The van der Waals surface area contributed by atoms with Crippen LogP contribution in [-0.4, -0.2) is 17.1 Å². The van der Waals surface area contributed by atoms with Gasteiger partial charge in [0.05, 0.1) is 21.5 Å². The molecule has 0 fully saturated rings. The Morgan fingerprint density at radius 2 is 2.09 bits per heavy atom. The Kier molecular flexibility index (Phi) is 3.47. The van der Waals surface area contributed by atoms with Gasteiger partial charge in [-0.25, -0.2) is 4.39 Å². The van der Waals surface area contributed by atoms with Crippen molar-refractivity contribution in [1.82, 2.24) is 4.98 Å². The van der Waals surface area contributed by atoms with Crippen LogP contribution in [0.3, 0.4) is 0 Å². The third kappa shape index (κ3) is 2.29. The summed E-state index contributed by atoms with van der Waals surface area (Å²) in [6, 6.07) is 0.984. The Balaban J connectivity index is 2.22. The smallest absolute Gasteiger partial charge is 0.366 e. The van der Waals surface area contributed by atoms with Crippen LogP contribution in [0.25, 0.3) is 10.9 Å². The average Bonchev–Trinajstić information content (AvgIpc) is 2.79. The zero-order chi connectivity index (χ0) is 16.2. The molecular weight excluding hydrogens is 368 g/mol. The molecule has 22 heavy (non-hydrogen) atoms. The maximum atomic E-state index is 13.9. The molecule has 3 rings (SSSR count). The maximum absolute atomic E-state index is 13.9. The van der Waals surface area contributed by atoms with E-state index in [1.54, 1.807) is 0 Å². The number of hydrogen-bond acceptors (Lipinski definition) is 1. The van der Waals surface area contributed by atoms with Gasteiger partial charge in [0, 0.05) is 11.1 Å². The second-order valence-electron chi connectivity index (χ2n) is 5.40. The van der Waals surface area contributed by atoms with Gasteiger partial charge in [0.2, 0.25) is 0 Å². The fraction of sp³-hybridized carbons (Fsp3) is 0.357. The molecule has 2 aromatic rings. The molecule has 0 bridgehead atoms. The summed E-state index contributed by atoms with van der Waals surface area (Å²) < 4.78 is 52.7. The normalized spacial score (nSPS) is 18.5. The van der Waals surface area contributed by atoms with Crippen LogP contribution in [-0.2, 0) is 12.8 Å². The van der Waals surface area contributed by atoms with Crippen LogP contribution in [0, 0.1) is 11.7 Å². The number of benzene rings is 1. The predicted molar refractivity (Wildman–Crippen MR) is 76.0 cm³/mol. The van der Waals surface area contributed by atoms with E-state index < -0.39 is 23.8 Å². The quantitative estimate of drug-likeness (QED) is 0.727. The molecule has 1 atom stereocenters. The molecule has 1 aromatic heterocycles. The molecule has 0 saturated heterocycles. The highest BCUT2D eigenvalue weighted by Gasteiger charge is 2.42. The first-order valence-electron chi connectivity index (χ1n) is 6.58. The zero-order valence-electron chi connectivity index (χ0n) is 11.2. The van der Waals surface area contributed by atoms with Gasteiger partial charge >= 0.3 is 6.18 Å². The number of amides is 1. The lowest BCUT2D eigenvalue weighted by molar-refractivity contribution is -0.177. The second-order valence-corrected chi connectivity index (χ2v) is 6.19. The van der Waals surface area contributed by atoms with Crippen molar-refractivity contribution >= 4 is 32.7 Å². The van der Waals surface area contributed by atoms with E-state index in [1.165, 1.54) is 0 Å². The number of fused-ring (bicyclic) bond motifs is 3. The number of aryl methyl sites for hydroxylation is 1. The van der Waals surface area contributed by atoms with Gasteiger partial charge in [-0.05, 0) is 46.8 Å². The molecule has 1 aromatic carbocycles. The first-order chi connectivity index (χ1) is 10.2. The highest BCUT2D eigenvalue weighted by Crippen LogP contribution is 2.42. The molecule has 0 spiro atoms. The van der Waals surface area contributed by atoms with Gasteiger partial charge in [-0.2, -0.15) is 13.2 Å². The van der Waals surface area contributed by atoms with Crippen LogP contribution in [0.2, 0.25) is 0 Å². The lowest BCUT2D eigenvalue weighted by atomic mass is 9.86. The highest BCUT2D eigenvalue weighted by atomic mass is 79.9. The van der Waals surface area contributed by atoms with E-state index in [2.05, 4.69) is 20.9 Å². The van der Waals surface area contributed by atoms with Gasteiger partial charge in [-0.1, -0.05) is 0 Å². The Hall–Kier alpha value is -1.57. The topological polar surface area (TPSA) is 58.9 Å². The molecule has 118 valence electrons. The summed E-state index contributed by atoms with van der Waals surface area (Å²) in [6.45, 7) is 0. The number of carbonyl (C=O) groups excluding carboxylic acids is 1. The fourth-order valence-electron chi connectivity index (χ4n) is 3.01. The van der Waals surface area contributed by atoms with Crippen molar-refractivity contribution in [2.75, 3.05) is 0 Å². The van der Waals surface area contributed by atoms with Gasteiger partial charge in [-0.15, -0.1) is 0 Å². The van der Waals surface area contributed by atoms with Crippen LogP contribution >= 0.6 is 15.9 Å². The number of aromatic amines is 1. The molecule has 0 radical (unpaired) electrons. The number of hydrogen-bond donors (Lipinski definition) is 2. The number of primary amides is 1. The van der Waals surface area contributed by atoms with Crippen LogP contribution in [0.1, 0.15) is 28.0 Å². The number of H-pyrrole nitrogens is 1. The van der Waals surface area contributed by atoms with E-state index in [4.69, 9.17) is 5.73 Å². The molecule has 1 aliphatic rings. The number of rotatable bonds is 1. The molecule has 3 N–H and O–H groups in total. The summed E-state index contributed by atoms with van der Waals surface area (Å²) in [5.74, 6) is -2.93. The van der Waals surface area contributed by atoms with E-state index in [1.807, 2.05) is 0 Å². The van der Waals surface area contributed by atoms with Crippen molar-refractivity contribution in [3.8, 4) is 0 Å². The highest BCUT2D eigenvalue weighted by molar-refractivity contribution is 9.10. The molecule has 3 nitrogen and oxygen atoms in total. The number of aromatic nitrogens is 1. The summed E-state index contributed by atoms with van der Waals surface area (Å²) in [5, 5.41) is 0.407. The molecule has 0 saturated carbocycles. The summed E-state index contributed by atoms with van der Waals surface area (Å²) in [5.41, 5.74) is 6.46. The van der Waals surface area contributed by atoms with Crippen LogP contribution in [0.5, 0.6) is 0 Å². The van der Waals surface area contributed by atoms with Crippen molar-refractivity contribution in [3.05, 3.63) is 33.2 Å². The summed E-state index contributed by atoms with van der Waals surface area (Å²) >= 11 is 3.11. The van der Waals surface area contributed by atoms with Crippen LogP contribution in [0.15, 0.2) is 10.5 Å². The average molecular weight is 379 g/mol. The monoisotopic (exact) mass is 378 g/mol. The molecule has 1 unspecified atom stereocenters. The van der Waals surface area contributed by atoms with Gasteiger partial charge in [0.15, 0.2) is 0 Å². The van der Waals surface area contributed by atoms with Crippen molar-refractivity contribution in [3.63, 3.8) is 0 Å². The lowest BCUT2D eigenvalue weighted by Crippen LogP contribution is -2.28. The maximum Gasteiger partial charge on any atom is 0.392 e. The number of nitrogens with one attached hydrogen (secondary N) is 1. The van der Waals surface area contributed by atoms with Crippen molar-refractivity contribution in [2.45, 2.75) is 25.4 Å². The Morgan fingerprint density at radius 1 is 1.41 bits per heavy atom. The third-order valence-corrected chi connectivity index (χ3v) is 4.86. The molecular formula is C14H11BrF4N2O. The standard InChI is InChI=1S/C14H11BrF4N2O/c15-11-8(16)4-7(13(20)22)12-10(11)6-2-1-5(14(17,18)19)3-9(6)21-12/h4-5,21H,1-3H2,(H2,20,22). The summed E-state index contributed by atoms with van der Waals surface area (Å²) in [6.07, 6.45) is -4.37. The van der Waals surface area contributed by atoms with Gasteiger partial charge in [0.25, 0.3) is 5.91 Å². The number of halogens is 5. The largest absolute Gasteiger partial charge is 0.392 e. The first kappa shape index (κ1) is 15.3. The van der Waals surface area contributed by atoms with Crippen molar-refractivity contribution in [1.29, 1.82) is 0 Å². The van der Waals surface area contributed by atoms with Crippen LogP contribution in [0.4, 0.5) is 17.6 Å². The summed E-state index contributed by atoms with van der Waals surface area (Å²) in [7, 11) is 0. The lowest BCUT2D eigenvalue weighted by Gasteiger charge is -2.24.